The van der Waals surface area contributed by atoms with E-state index >= 15 is 0 Å². The van der Waals surface area contributed by atoms with Crippen molar-refractivity contribution in [2.45, 2.75) is 31.7 Å². The molecule has 0 aromatic carbocycles. The van der Waals surface area contributed by atoms with Crippen LogP contribution in [0, 0.1) is 17.2 Å². The molecule has 0 spiro atoms. The summed E-state index contributed by atoms with van der Waals surface area (Å²) in [6.45, 7) is 0. The minimum absolute atomic E-state index is 0.0965. The molecule has 1 saturated carbocycles. The first kappa shape index (κ1) is 10.6. The molecule has 76 valence electrons. The van der Waals surface area contributed by atoms with Crippen LogP contribution in [0.4, 0.5) is 4.79 Å². The van der Waals surface area contributed by atoms with Gasteiger partial charge in [-0.25, -0.2) is 4.79 Å². The van der Waals surface area contributed by atoms with Crippen molar-refractivity contribution in [3.63, 3.8) is 0 Å². The van der Waals surface area contributed by atoms with Gasteiger partial charge in [0.2, 0.25) is 0 Å². The molecule has 0 aromatic rings. The van der Waals surface area contributed by atoms with Crippen molar-refractivity contribution in [2.75, 3.05) is 0 Å². The highest BCUT2D eigenvalue weighted by molar-refractivity contribution is 5.64. The summed E-state index contributed by atoms with van der Waals surface area (Å²) in [4.78, 5) is 10.4. The fraction of sp³-hybridized carbons (Fsp3) is 0.600. The minimum atomic E-state index is -0.944. The monoisotopic (exact) mass is 194 g/mol. The van der Waals surface area contributed by atoms with Crippen molar-refractivity contribution in [1.82, 2.24) is 5.32 Å². The molecule has 0 radical (unpaired) electrons. The van der Waals surface area contributed by atoms with Gasteiger partial charge < -0.3 is 10.4 Å². The highest BCUT2D eigenvalue weighted by atomic mass is 16.4. The third kappa shape index (κ3) is 3.48. The van der Waals surface area contributed by atoms with Gasteiger partial charge in [0, 0.05) is 12.1 Å². The number of nitrogens with zero attached hydrogens (tertiary/aromatic N) is 1. The fourth-order valence-electron chi connectivity index (χ4n) is 1.81. The van der Waals surface area contributed by atoms with E-state index in [2.05, 4.69) is 5.32 Å². The smallest absolute Gasteiger partial charge is 0.404 e. The van der Waals surface area contributed by atoms with Crippen molar-refractivity contribution < 1.29 is 9.90 Å². The Morgan fingerprint density at radius 2 is 2.07 bits per heavy atom. The first-order valence-electron chi connectivity index (χ1n) is 4.78. The van der Waals surface area contributed by atoms with Crippen LogP contribution in [-0.4, -0.2) is 17.2 Å². The van der Waals surface area contributed by atoms with Crippen LogP contribution < -0.4 is 5.32 Å². The molecule has 0 aromatic heterocycles. The quantitative estimate of drug-likeness (QED) is 0.659. The second kappa shape index (κ2) is 5.28. The Morgan fingerprint density at radius 1 is 1.43 bits per heavy atom. The molecule has 1 fully saturated rings. The first-order chi connectivity index (χ1) is 6.72. The topological polar surface area (TPSA) is 73.1 Å². The molecular weight excluding hydrogens is 180 g/mol. The van der Waals surface area contributed by atoms with E-state index < -0.39 is 6.09 Å². The highest BCUT2D eigenvalue weighted by Crippen LogP contribution is 2.25. The van der Waals surface area contributed by atoms with Gasteiger partial charge in [-0.15, -0.1) is 0 Å². The zero-order valence-electron chi connectivity index (χ0n) is 7.94. The molecule has 2 N–H and O–H groups in total. The molecule has 0 saturated heterocycles. The van der Waals surface area contributed by atoms with Crippen molar-refractivity contribution in [1.29, 1.82) is 5.26 Å². The number of hydrogen-bond donors (Lipinski definition) is 2. The van der Waals surface area contributed by atoms with E-state index in [1.165, 1.54) is 6.08 Å². The minimum Gasteiger partial charge on any atom is -0.465 e. The maximum absolute atomic E-state index is 10.4. The summed E-state index contributed by atoms with van der Waals surface area (Å²) in [5, 5.41) is 19.3. The Kier molecular flexibility index (Phi) is 3.99. The van der Waals surface area contributed by atoms with Crippen LogP contribution in [0.5, 0.6) is 0 Å². The number of nitrogens with one attached hydrogen (secondary N) is 1. The lowest BCUT2D eigenvalue weighted by Gasteiger charge is -2.26. The molecule has 1 rings (SSSR count). The van der Waals surface area contributed by atoms with Gasteiger partial charge in [0.15, 0.2) is 0 Å². The number of amides is 1. The summed E-state index contributed by atoms with van der Waals surface area (Å²) in [5.74, 6) is 0.446. The van der Waals surface area contributed by atoms with E-state index in [9.17, 15) is 4.79 Å². The van der Waals surface area contributed by atoms with Crippen molar-refractivity contribution in [2.24, 2.45) is 5.92 Å². The summed E-state index contributed by atoms with van der Waals surface area (Å²) in [6.07, 6.45) is 6.14. The number of nitriles is 1. The van der Waals surface area contributed by atoms with Gasteiger partial charge in [0.05, 0.1) is 6.07 Å². The molecular formula is C10H14N2O2. The van der Waals surface area contributed by atoms with Crippen LogP contribution in [-0.2, 0) is 0 Å². The second-order valence-electron chi connectivity index (χ2n) is 3.55. The number of hydrogen-bond acceptors (Lipinski definition) is 2. The Hall–Kier alpha value is -1.50. The molecule has 1 aliphatic rings. The summed E-state index contributed by atoms with van der Waals surface area (Å²) < 4.78 is 0. The second-order valence-corrected chi connectivity index (χ2v) is 3.55. The predicted octanol–water partition coefficient (Wildman–Crippen LogP) is 1.89. The Labute approximate surface area is 83.2 Å². The van der Waals surface area contributed by atoms with Gasteiger partial charge in [0.1, 0.15) is 0 Å². The fourth-order valence-corrected chi connectivity index (χ4v) is 1.81. The molecule has 0 atom stereocenters. The lowest BCUT2D eigenvalue weighted by atomic mass is 9.86. The molecule has 0 heterocycles. The van der Waals surface area contributed by atoms with Gasteiger partial charge >= 0.3 is 6.09 Å². The van der Waals surface area contributed by atoms with Crippen molar-refractivity contribution in [3.8, 4) is 6.07 Å². The summed E-state index contributed by atoms with van der Waals surface area (Å²) in [6, 6.07) is 2.06. The standard InChI is InChI=1S/C10H14N2O2/c11-7-1-2-8-3-5-9(6-4-8)12-10(13)14/h1-2,8-9,12H,3-6H2,(H,13,14)/t8-,9-. The summed E-state index contributed by atoms with van der Waals surface area (Å²) in [5.41, 5.74) is 0. The molecule has 0 bridgehead atoms. The number of allylic oxidation sites excluding steroid dienone is 2. The number of rotatable bonds is 2. The van der Waals surface area contributed by atoms with E-state index in [1.54, 1.807) is 0 Å². The maximum atomic E-state index is 10.4. The average molecular weight is 194 g/mol. The summed E-state index contributed by atoms with van der Waals surface area (Å²) in [7, 11) is 0. The SMILES string of the molecule is N#CC=C[C@H]1CC[C@H](NC(=O)O)CC1. The Balaban J connectivity index is 2.28. The lowest BCUT2D eigenvalue weighted by Crippen LogP contribution is -2.36. The van der Waals surface area contributed by atoms with Crippen LogP contribution >= 0.6 is 0 Å². The summed E-state index contributed by atoms with van der Waals surface area (Å²) >= 11 is 0. The molecule has 14 heavy (non-hydrogen) atoms. The van der Waals surface area contributed by atoms with Crippen LogP contribution in [0.2, 0.25) is 0 Å². The normalized spacial score (nSPS) is 27.1. The first-order valence-corrected chi connectivity index (χ1v) is 4.78. The highest BCUT2D eigenvalue weighted by Gasteiger charge is 2.20. The third-order valence-corrected chi connectivity index (χ3v) is 2.54. The van der Waals surface area contributed by atoms with Crippen LogP contribution in [0.15, 0.2) is 12.2 Å². The zero-order valence-corrected chi connectivity index (χ0v) is 7.94. The molecule has 1 amide bonds. The number of carbonyl (C=O) groups is 1. The zero-order chi connectivity index (χ0) is 10.4. The van der Waals surface area contributed by atoms with Gasteiger partial charge in [0.25, 0.3) is 0 Å². The van der Waals surface area contributed by atoms with E-state index in [1.807, 2.05) is 12.1 Å². The molecule has 4 heteroatoms. The van der Waals surface area contributed by atoms with Crippen molar-refractivity contribution >= 4 is 6.09 Å². The van der Waals surface area contributed by atoms with Crippen LogP contribution in [0.25, 0.3) is 0 Å². The lowest BCUT2D eigenvalue weighted by molar-refractivity contribution is 0.184. The Bertz CT molecular complexity index is 260. The van der Waals surface area contributed by atoms with Gasteiger partial charge in [-0.3, -0.25) is 0 Å². The molecule has 1 aliphatic carbocycles. The van der Waals surface area contributed by atoms with Gasteiger partial charge in [-0.1, -0.05) is 6.08 Å². The van der Waals surface area contributed by atoms with Gasteiger partial charge in [-0.2, -0.15) is 5.26 Å². The average Bonchev–Trinajstić information content (AvgIpc) is 2.16. The van der Waals surface area contributed by atoms with E-state index in [-0.39, 0.29) is 6.04 Å². The van der Waals surface area contributed by atoms with E-state index in [4.69, 9.17) is 10.4 Å². The van der Waals surface area contributed by atoms with E-state index in [0.717, 1.165) is 25.7 Å². The van der Waals surface area contributed by atoms with Gasteiger partial charge in [-0.05, 0) is 31.6 Å². The molecule has 0 unspecified atom stereocenters. The predicted molar refractivity (Wildman–Crippen MR) is 51.7 cm³/mol. The van der Waals surface area contributed by atoms with Crippen LogP contribution in [0.1, 0.15) is 25.7 Å². The van der Waals surface area contributed by atoms with Crippen molar-refractivity contribution in [3.05, 3.63) is 12.2 Å². The van der Waals surface area contributed by atoms with Crippen LogP contribution in [0.3, 0.4) is 0 Å². The largest absolute Gasteiger partial charge is 0.465 e. The maximum Gasteiger partial charge on any atom is 0.404 e. The number of carboxylic acid groups (broad SMARTS) is 1. The Morgan fingerprint density at radius 3 is 2.57 bits per heavy atom. The molecule has 4 nitrogen and oxygen atoms in total. The third-order valence-electron chi connectivity index (χ3n) is 2.54. The van der Waals surface area contributed by atoms with E-state index in [0.29, 0.717) is 5.92 Å². The molecule has 0 aliphatic heterocycles.